The van der Waals surface area contributed by atoms with Crippen LogP contribution < -0.4 is 14.2 Å². The Morgan fingerprint density at radius 2 is 1.91 bits per heavy atom. The molecule has 23 heavy (non-hydrogen) atoms. The number of aromatic nitrogens is 1. The zero-order valence-electron chi connectivity index (χ0n) is 12.4. The Kier molecular flexibility index (Phi) is 3.20. The molecule has 1 aliphatic rings. The van der Waals surface area contributed by atoms with E-state index in [1.54, 1.807) is 26.4 Å². The highest BCUT2D eigenvalue weighted by Crippen LogP contribution is 2.51. The van der Waals surface area contributed by atoms with Crippen molar-refractivity contribution in [2.24, 2.45) is 0 Å². The minimum Gasteiger partial charge on any atom is -0.497 e. The van der Waals surface area contributed by atoms with E-state index in [-0.39, 0.29) is 5.82 Å². The largest absolute Gasteiger partial charge is 0.497 e. The molecule has 1 aromatic heterocycles. The molecule has 3 aromatic rings. The molecule has 0 fully saturated rings. The fourth-order valence-corrected chi connectivity index (χ4v) is 3.36. The Labute approximate surface area is 136 Å². The minimum absolute atomic E-state index is 0.357. The summed E-state index contributed by atoms with van der Waals surface area (Å²) in [5.74, 6) is 1.73. The Morgan fingerprint density at radius 3 is 2.70 bits per heavy atom. The van der Waals surface area contributed by atoms with Crippen LogP contribution in [0.15, 0.2) is 35.7 Å². The third kappa shape index (κ3) is 2.14. The van der Waals surface area contributed by atoms with Crippen molar-refractivity contribution >= 4 is 11.5 Å². The predicted molar refractivity (Wildman–Crippen MR) is 86.1 cm³/mol. The topological polar surface area (TPSA) is 40.6 Å². The van der Waals surface area contributed by atoms with Gasteiger partial charge in [-0.05, 0) is 29.7 Å². The SMILES string of the molecule is COc1cc(OC)c2c(c1)-c1nscc1-c1ccc(F)cc1O2. The van der Waals surface area contributed by atoms with Crippen LogP contribution in [-0.4, -0.2) is 18.6 Å². The highest BCUT2D eigenvalue weighted by molar-refractivity contribution is 7.04. The summed E-state index contributed by atoms with van der Waals surface area (Å²) in [4.78, 5) is 0. The van der Waals surface area contributed by atoms with Gasteiger partial charge in [0.1, 0.15) is 17.3 Å². The fraction of sp³-hybridized carbons (Fsp3) is 0.118. The number of methoxy groups -OCH3 is 2. The zero-order chi connectivity index (χ0) is 16.0. The first-order valence-electron chi connectivity index (χ1n) is 6.90. The van der Waals surface area contributed by atoms with Gasteiger partial charge in [0.15, 0.2) is 11.5 Å². The number of hydrogen-bond donors (Lipinski definition) is 0. The third-order valence-corrected chi connectivity index (χ3v) is 4.38. The molecule has 0 atom stereocenters. The lowest BCUT2D eigenvalue weighted by molar-refractivity contribution is 0.370. The van der Waals surface area contributed by atoms with E-state index < -0.39 is 0 Å². The molecule has 2 heterocycles. The molecule has 0 radical (unpaired) electrons. The van der Waals surface area contributed by atoms with Crippen molar-refractivity contribution in [1.82, 2.24) is 4.37 Å². The van der Waals surface area contributed by atoms with Crippen LogP contribution in [0.25, 0.3) is 22.4 Å². The maximum Gasteiger partial charge on any atom is 0.179 e. The molecule has 4 rings (SSSR count). The maximum atomic E-state index is 13.7. The lowest BCUT2D eigenvalue weighted by Crippen LogP contribution is -1.94. The van der Waals surface area contributed by atoms with Crippen molar-refractivity contribution in [1.29, 1.82) is 0 Å². The molecule has 0 amide bonds. The third-order valence-electron chi connectivity index (χ3n) is 3.75. The van der Waals surface area contributed by atoms with Gasteiger partial charge in [-0.2, -0.15) is 4.37 Å². The summed E-state index contributed by atoms with van der Waals surface area (Å²) in [6.45, 7) is 0. The molecule has 0 bridgehead atoms. The van der Waals surface area contributed by atoms with Crippen molar-refractivity contribution in [2.45, 2.75) is 0 Å². The Hall–Kier alpha value is -2.60. The first kappa shape index (κ1) is 14.0. The van der Waals surface area contributed by atoms with Crippen LogP contribution in [0.5, 0.6) is 23.0 Å². The van der Waals surface area contributed by atoms with Gasteiger partial charge in [-0.15, -0.1) is 0 Å². The van der Waals surface area contributed by atoms with Gasteiger partial charge in [0.2, 0.25) is 0 Å². The van der Waals surface area contributed by atoms with Gasteiger partial charge in [0, 0.05) is 28.6 Å². The summed E-state index contributed by atoms with van der Waals surface area (Å²) >= 11 is 1.34. The van der Waals surface area contributed by atoms with Crippen molar-refractivity contribution in [3.8, 4) is 45.4 Å². The molecule has 0 saturated heterocycles. The standard InChI is InChI=1S/C17H12FNO3S/c1-20-10-6-12-16-13(8-23-19-16)11-4-3-9(18)5-14(11)22-17(12)15(7-10)21-2/h3-8H,1-2H3. The molecule has 0 aliphatic carbocycles. The molecular formula is C17H12FNO3S. The summed E-state index contributed by atoms with van der Waals surface area (Å²) in [6, 6.07) is 8.06. The predicted octanol–water partition coefficient (Wildman–Crippen LogP) is 4.74. The van der Waals surface area contributed by atoms with Crippen molar-refractivity contribution in [2.75, 3.05) is 14.2 Å². The van der Waals surface area contributed by atoms with Gasteiger partial charge in [-0.1, -0.05) is 0 Å². The normalized spacial score (nSPS) is 11.6. The lowest BCUT2D eigenvalue weighted by atomic mass is 10.0. The van der Waals surface area contributed by atoms with Gasteiger partial charge >= 0.3 is 0 Å². The van der Waals surface area contributed by atoms with Gasteiger partial charge in [-0.3, -0.25) is 0 Å². The Morgan fingerprint density at radius 1 is 1.04 bits per heavy atom. The maximum absolute atomic E-state index is 13.7. The summed E-state index contributed by atoms with van der Waals surface area (Å²) in [7, 11) is 3.14. The molecule has 1 aliphatic heterocycles. The summed E-state index contributed by atoms with van der Waals surface area (Å²) < 4.78 is 34.9. The Balaban J connectivity index is 2.07. The van der Waals surface area contributed by atoms with E-state index in [0.29, 0.717) is 23.0 Å². The minimum atomic E-state index is -0.357. The average molecular weight is 329 g/mol. The van der Waals surface area contributed by atoms with Crippen LogP contribution in [0.4, 0.5) is 4.39 Å². The number of rotatable bonds is 2. The van der Waals surface area contributed by atoms with E-state index in [2.05, 4.69) is 4.37 Å². The van der Waals surface area contributed by atoms with Gasteiger partial charge in [0.25, 0.3) is 0 Å². The first-order valence-corrected chi connectivity index (χ1v) is 7.73. The Bertz CT molecular complexity index is 907. The van der Waals surface area contributed by atoms with Crippen molar-refractivity contribution in [3.05, 3.63) is 41.5 Å². The first-order chi connectivity index (χ1) is 11.2. The van der Waals surface area contributed by atoms with E-state index in [1.807, 2.05) is 11.4 Å². The average Bonchev–Trinajstić information content (AvgIpc) is 3.00. The van der Waals surface area contributed by atoms with E-state index in [9.17, 15) is 4.39 Å². The lowest BCUT2D eigenvalue weighted by Gasteiger charge is -2.14. The second kappa shape index (κ2) is 5.24. The van der Waals surface area contributed by atoms with E-state index in [4.69, 9.17) is 14.2 Å². The van der Waals surface area contributed by atoms with Crippen LogP contribution in [0.1, 0.15) is 0 Å². The quantitative estimate of drug-likeness (QED) is 0.533. The number of benzene rings is 2. The summed E-state index contributed by atoms with van der Waals surface area (Å²) in [5.41, 5.74) is 3.23. The molecule has 6 heteroatoms. The van der Waals surface area contributed by atoms with Crippen LogP contribution in [0.2, 0.25) is 0 Å². The zero-order valence-corrected chi connectivity index (χ0v) is 13.2. The van der Waals surface area contributed by atoms with E-state index in [1.165, 1.54) is 23.7 Å². The summed E-state index contributed by atoms with van der Waals surface area (Å²) in [5, 5.41) is 1.93. The number of halogens is 1. The number of fused-ring (bicyclic) bond motifs is 5. The molecule has 4 nitrogen and oxygen atoms in total. The number of nitrogens with zero attached hydrogens (tertiary/aromatic N) is 1. The van der Waals surface area contributed by atoms with Crippen LogP contribution in [-0.2, 0) is 0 Å². The van der Waals surface area contributed by atoms with E-state index in [0.717, 1.165) is 22.4 Å². The molecule has 0 spiro atoms. The van der Waals surface area contributed by atoms with Gasteiger partial charge < -0.3 is 14.2 Å². The van der Waals surface area contributed by atoms with Crippen molar-refractivity contribution in [3.63, 3.8) is 0 Å². The van der Waals surface area contributed by atoms with Crippen LogP contribution in [0.3, 0.4) is 0 Å². The van der Waals surface area contributed by atoms with Gasteiger partial charge in [-0.25, -0.2) is 4.39 Å². The highest BCUT2D eigenvalue weighted by Gasteiger charge is 2.26. The molecule has 0 unspecified atom stereocenters. The van der Waals surface area contributed by atoms with Crippen LogP contribution >= 0.6 is 11.5 Å². The molecule has 0 N–H and O–H groups in total. The van der Waals surface area contributed by atoms with E-state index >= 15 is 0 Å². The fourth-order valence-electron chi connectivity index (χ4n) is 2.66. The second-order valence-corrected chi connectivity index (χ2v) is 5.65. The van der Waals surface area contributed by atoms with Gasteiger partial charge in [0.05, 0.1) is 25.5 Å². The molecule has 2 aromatic carbocycles. The monoisotopic (exact) mass is 329 g/mol. The summed E-state index contributed by atoms with van der Waals surface area (Å²) in [6.07, 6.45) is 0. The van der Waals surface area contributed by atoms with Crippen molar-refractivity contribution < 1.29 is 18.6 Å². The van der Waals surface area contributed by atoms with Crippen LogP contribution in [0, 0.1) is 5.82 Å². The number of hydrogen-bond acceptors (Lipinski definition) is 5. The molecule has 0 saturated carbocycles. The molecule has 116 valence electrons. The second-order valence-electron chi connectivity index (χ2n) is 5.03. The molecular weight excluding hydrogens is 317 g/mol. The smallest absolute Gasteiger partial charge is 0.179 e. The number of ether oxygens (including phenoxy) is 3. The highest BCUT2D eigenvalue weighted by atomic mass is 32.1.